The van der Waals surface area contributed by atoms with Crippen molar-refractivity contribution in [2.75, 3.05) is 0 Å². The lowest BCUT2D eigenvalue weighted by atomic mass is 10.0. The Balaban J connectivity index is 2.22. The van der Waals surface area contributed by atoms with E-state index in [9.17, 15) is 4.39 Å². The maximum Gasteiger partial charge on any atom is 0.142 e. The van der Waals surface area contributed by atoms with Gasteiger partial charge in [0.15, 0.2) is 0 Å². The molecule has 2 atom stereocenters. The highest BCUT2D eigenvalue weighted by Crippen LogP contribution is 2.28. The molecule has 0 aromatic heterocycles. The fraction of sp³-hybridized carbons (Fsp3) is 0.200. The Kier molecular flexibility index (Phi) is 5.58. The number of nitrogens with one attached hydrogen (secondary N) is 1. The van der Waals surface area contributed by atoms with Gasteiger partial charge in [-0.1, -0.05) is 29.8 Å². The predicted molar refractivity (Wildman–Crippen MR) is 85.7 cm³/mol. The van der Waals surface area contributed by atoms with E-state index in [4.69, 9.17) is 22.2 Å². The highest BCUT2D eigenvalue weighted by molar-refractivity contribution is 9.10. The summed E-state index contributed by atoms with van der Waals surface area (Å²) in [6.45, 7) is 1.81. The van der Waals surface area contributed by atoms with Gasteiger partial charge in [-0.2, -0.15) is 0 Å². The van der Waals surface area contributed by atoms with Gasteiger partial charge < -0.3 is 4.74 Å². The van der Waals surface area contributed by atoms with Gasteiger partial charge >= 0.3 is 0 Å². The number of halogens is 3. The van der Waals surface area contributed by atoms with E-state index in [0.29, 0.717) is 20.8 Å². The van der Waals surface area contributed by atoms with Crippen LogP contribution in [0.25, 0.3) is 0 Å². The molecule has 0 saturated carbocycles. The van der Waals surface area contributed by atoms with E-state index in [1.165, 1.54) is 0 Å². The van der Waals surface area contributed by atoms with Gasteiger partial charge in [-0.05, 0) is 47.1 Å². The molecule has 0 aliphatic rings. The summed E-state index contributed by atoms with van der Waals surface area (Å²) >= 11 is 9.09. The van der Waals surface area contributed by atoms with Crippen molar-refractivity contribution in [3.05, 3.63) is 63.3 Å². The van der Waals surface area contributed by atoms with Crippen molar-refractivity contribution >= 4 is 27.5 Å². The number of nitrogens with two attached hydrogens (primary N) is 1. The summed E-state index contributed by atoms with van der Waals surface area (Å²) in [5.74, 6) is 5.81. The molecule has 3 nitrogen and oxygen atoms in total. The molecule has 2 aromatic rings. The zero-order chi connectivity index (χ0) is 15.4. The van der Waals surface area contributed by atoms with Crippen LogP contribution in [0.15, 0.2) is 46.9 Å². The molecule has 3 N–H and O–H groups in total. The van der Waals surface area contributed by atoms with Crippen LogP contribution >= 0.6 is 27.5 Å². The van der Waals surface area contributed by atoms with Gasteiger partial charge in [0, 0.05) is 10.6 Å². The number of hydrazine groups is 1. The van der Waals surface area contributed by atoms with Crippen LogP contribution in [0.4, 0.5) is 4.39 Å². The highest BCUT2D eigenvalue weighted by atomic mass is 79.9. The number of rotatable bonds is 5. The van der Waals surface area contributed by atoms with Crippen LogP contribution in [-0.2, 0) is 0 Å². The second-order valence-electron chi connectivity index (χ2n) is 4.57. The summed E-state index contributed by atoms with van der Waals surface area (Å²) in [5.41, 5.74) is 3.03. The van der Waals surface area contributed by atoms with Crippen molar-refractivity contribution in [1.82, 2.24) is 5.43 Å². The number of benzene rings is 2. The summed E-state index contributed by atoms with van der Waals surface area (Å²) in [7, 11) is 0. The molecule has 2 unspecified atom stereocenters. The van der Waals surface area contributed by atoms with Gasteiger partial charge in [-0.3, -0.25) is 5.84 Å². The van der Waals surface area contributed by atoms with Crippen LogP contribution < -0.4 is 16.0 Å². The standard InChI is InChI=1S/C15H15BrClFN2O/c1-9(21-11-5-2-4-10(17)8-11)15(20-19)12-6-3-7-13(16)14(12)18/h2-9,15,20H,19H2,1H3. The first-order chi connectivity index (χ1) is 10.0. The van der Waals surface area contributed by atoms with Crippen molar-refractivity contribution in [3.63, 3.8) is 0 Å². The van der Waals surface area contributed by atoms with Crippen LogP contribution in [-0.4, -0.2) is 6.10 Å². The van der Waals surface area contributed by atoms with E-state index in [1.807, 2.05) is 6.92 Å². The summed E-state index contributed by atoms with van der Waals surface area (Å²) in [4.78, 5) is 0. The highest BCUT2D eigenvalue weighted by Gasteiger charge is 2.23. The Hall–Kier alpha value is -1.14. The van der Waals surface area contributed by atoms with Crippen molar-refractivity contribution in [3.8, 4) is 5.75 Å². The van der Waals surface area contributed by atoms with E-state index in [2.05, 4.69) is 21.4 Å². The maximum atomic E-state index is 14.2. The van der Waals surface area contributed by atoms with E-state index in [-0.39, 0.29) is 5.82 Å². The zero-order valence-electron chi connectivity index (χ0n) is 11.3. The Morgan fingerprint density at radius 1 is 1.29 bits per heavy atom. The molecule has 0 aliphatic heterocycles. The third kappa shape index (κ3) is 3.95. The van der Waals surface area contributed by atoms with Gasteiger partial charge in [-0.25, -0.2) is 9.82 Å². The smallest absolute Gasteiger partial charge is 0.142 e. The third-order valence-corrected chi connectivity index (χ3v) is 3.93. The lowest BCUT2D eigenvalue weighted by Crippen LogP contribution is -2.38. The van der Waals surface area contributed by atoms with Crippen LogP contribution in [0.1, 0.15) is 18.5 Å². The molecule has 0 spiro atoms. The third-order valence-electron chi connectivity index (χ3n) is 3.08. The Bertz CT molecular complexity index is 626. The number of hydrogen-bond acceptors (Lipinski definition) is 3. The fourth-order valence-corrected chi connectivity index (χ4v) is 2.62. The van der Waals surface area contributed by atoms with Gasteiger partial charge in [-0.15, -0.1) is 0 Å². The normalized spacial score (nSPS) is 13.8. The first-order valence-electron chi connectivity index (χ1n) is 6.35. The largest absolute Gasteiger partial charge is 0.489 e. The maximum absolute atomic E-state index is 14.2. The van der Waals surface area contributed by atoms with Crippen LogP contribution in [0.3, 0.4) is 0 Å². The minimum Gasteiger partial charge on any atom is -0.489 e. The monoisotopic (exact) mass is 372 g/mol. The van der Waals surface area contributed by atoms with Crippen LogP contribution in [0.2, 0.25) is 5.02 Å². The molecule has 6 heteroatoms. The second kappa shape index (κ2) is 7.22. The van der Waals surface area contributed by atoms with Crippen LogP contribution in [0, 0.1) is 5.82 Å². The molecule has 0 saturated heterocycles. The molecule has 0 aliphatic carbocycles. The molecule has 2 aromatic carbocycles. The number of hydrogen-bond donors (Lipinski definition) is 2. The average Bonchev–Trinajstić information content (AvgIpc) is 2.44. The second-order valence-corrected chi connectivity index (χ2v) is 5.86. The fourth-order valence-electron chi connectivity index (χ4n) is 2.06. The molecular weight excluding hydrogens is 359 g/mol. The first-order valence-corrected chi connectivity index (χ1v) is 7.52. The van der Waals surface area contributed by atoms with Crippen molar-refractivity contribution in [2.45, 2.75) is 19.1 Å². The molecule has 2 rings (SSSR count). The van der Waals surface area contributed by atoms with Crippen molar-refractivity contribution in [1.29, 1.82) is 0 Å². The van der Waals surface area contributed by atoms with Crippen LogP contribution in [0.5, 0.6) is 5.75 Å². The van der Waals surface area contributed by atoms with Gasteiger partial charge in [0.05, 0.1) is 10.5 Å². The lowest BCUT2D eigenvalue weighted by Gasteiger charge is -2.25. The zero-order valence-corrected chi connectivity index (χ0v) is 13.7. The van der Waals surface area contributed by atoms with E-state index < -0.39 is 12.1 Å². The molecular formula is C15H15BrClFN2O. The molecule has 0 fully saturated rings. The Labute approximate surface area is 136 Å². The van der Waals surface area contributed by atoms with E-state index in [1.54, 1.807) is 42.5 Å². The van der Waals surface area contributed by atoms with Gasteiger partial charge in [0.1, 0.15) is 17.7 Å². The molecule has 0 heterocycles. The molecule has 0 bridgehead atoms. The molecule has 0 amide bonds. The quantitative estimate of drug-likeness (QED) is 0.609. The minimum atomic E-state index is -0.499. The van der Waals surface area contributed by atoms with Gasteiger partial charge in [0.25, 0.3) is 0 Å². The topological polar surface area (TPSA) is 47.3 Å². The number of ether oxygens (including phenoxy) is 1. The van der Waals surface area contributed by atoms with Gasteiger partial charge in [0.2, 0.25) is 0 Å². The molecule has 0 radical (unpaired) electrons. The lowest BCUT2D eigenvalue weighted by molar-refractivity contribution is 0.169. The average molecular weight is 374 g/mol. The first kappa shape index (κ1) is 16.2. The van der Waals surface area contributed by atoms with E-state index >= 15 is 0 Å². The van der Waals surface area contributed by atoms with E-state index in [0.717, 1.165) is 0 Å². The summed E-state index contributed by atoms with van der Waals surface area (Å²) in [6, 6.07) is 11.6. The summed E-state index contributed by atoms with van der Waals surface area (Å²) in [5, 5.41) is 0.575. The van der Waals surface area contributed by atoms with Crippen molar-refractivity contribution in [2.24, 2.45) is 5.84 Å². The molecule has 21 heavy (non-hydrogen) atoms. The van der Waals surface area contributed by atoms with Crippen molar-refractivity contribution < 1.29 is 9.13 Å². The minimum absolute atomic E-state index is 0.359. The summed E-state index contributed by atoms with van der Waals surface area (Å²) < 4.78 is 20.4. The Morgan fingerprint density at radius 2 is 2.00 bits per heavy atom. The Morgan fingerprint density at radius 3 is 2.67 bits per heavy atom. The summed E-state index contributed by atoms with van der Waals surface area (Å²) in [6.07, 6.45) is -0.391. The predicted octanol–water partition coefficient (Wildman–Crippen LogP) is 4.21. The molecule has 112 valence electrons. The SMILES string of the molecule is CC(Oc1cccc(Cl)c1)C(NN)c1cccc(Br)c1F.